The molecule has 0 aromatic heterocycles. The van der Waals surface area contributed by atoms with Crippen LogP contribution in [0.2, 0.25) is 0 Å². The molecule has 0 saturated heterocycles. The summed E-state index contributed by atoms with van der Waals surface area (Å²) in [5.41, 5.74) is -0.0599. The van der Waals surface area contributed by atoms with Gasteiger partial charge in [0.05, 0.1) is 5.56 Å². The van der Waals surface area contributed by atoms with Crippen LogP contribution in [-0.4, -0.2) is 28.9 Å². The number of rotatable bonds is 6. The third kappa shape index (κ3) is 4.54. The van der Waals surface area contributed by atoms with E-state index >= 15 is 0 Å². The van der Waals surface area contributed by atoms with Crippen molar-refractivity contribution in [3.63, 3.8) is 0 Å². The Balaban J connectivity index is 3.01. The van der Waals surface area contributed by atoms with Gasteiger partial charge < -0.3 is 15.7 Å². The lowest BCUT2D eigenvalue weighted by molar-refractivity contribution is -0.140. The van der Waals surface area contributed by atoms with E-state index in [1.807, 2.05) is 0 Å². The van der Waals surface area contributed by atoms with Gasteiger partial charge in [-0.2, -0.15) is 0 Å². The Kier molecular flexibility index (Phi) is 6.03. The molecule has 0 aliphatic rings. The third-order valence-corrected chi connectivity index (χ3v) is 3.30. The van der Waals surface area contributed by atoms with E-state index in [1.165, 1.54) is 19.1 Å². The minimum atomic E-state index is -1.18. The Morgan fingerprint density at radius 2 is 1.95 bits per heavy atom. The molecule has 0 fully saturated rings. The highest BCUT2D eigenvalue weighted by atomic mass is 19.1. The van der Waals surface area contributed by atoms with Crippen LogP contribution in [0, 0.1) is 11.7 Å². The Morgan fingerprint density at radius 3 is 2.45 bits per heavy atom. The molecule has 1 aromatic rings. The summed E-state index contributed by atoms with van der Waals surface area (Å²) in [5.74, 6) is -3.47. The first-order chi connectivity index (χ1) is 10.3. The number of benzene rings is 1. The summed E-state index contributed by atoms with van der Waals surface area (Å²) >= 11 is 0. The van der Waals surface area contributed by atoms with Crippen molar-refractivity contribution >= 4 is 23.5 Å². The second kappa shape index (κ2) is 7.53. The summed E-state index contributed by atoms with van der Waals surface area (Å²) < 4.78 is 13.8. The van der Waals surface area contributed by atoms with Gasteiger partial charge in [-0.05, 0) is 24.1 Å². The van der Waals surface area contributed by atoms with Crippen molar-refractivity contribution in [1.82, 2.24) is 5.32 Å². The molecule has 120 valence electrons. The highest BCUT2D eigenvalue weighted by Crippen LogP contribution is 2.16. The first-order valence-corrected chi connectivity index (χ1v) is 6.87. The van der Waals surface area contributed by atoms with Crippen molar-refractivity contribution in [1.29, 1.82) is 0 Å². The number of carboxylic acid groups (broad SMARTS) is 1. The summed E-state index contributed by atoms with van der Waals surface area (Å²) in [6, 6.07) is 2.42. The van der Waals surface area contributed by atoms with E-state index in [1.54, 1.807) is 13.8 Å². The second-order valence-corrected chi connectivity index (χ2v) is 5.05. The molecule has 3 N–H and O–H groups in total. The molecule has 2 atom stereocenters. The van der Waals surface area contributed by atoms with E-state index in [-0.39, 0.29) is 23.1 Å². The molecular weight excluding hydrogens is 291 g/mol. The van der Waals surface area contributed by atoms with Crippen LogP contribution < -0.4 is 10.6 Å². The van der Waals surface area contributed by atoms with Crippen molar-refractivity contribution in [2.45, 2.75) is 33.2 Å². The molecule has 0 aliphatic carbocycles. The maximum absolute atomic E-state index is 13.8. The fourth-order valence-corrected chi connectivity index (χ4v) is 1.88. The van der Waals surface area contributed by atoms with E-state index in [2.05, 4.69) is 10.6 Å². The van der Waals surface area contributed by atoms with Gasteiger partial charge >= 0.3 is 5.97 Å². The monoisotopic (exact) mass is 310 g/mol. The van der Waals surface area contributed by atoms with Crippen molar-refractivity contribution in [2.24, 2.45) is 5.92 Å². The summed E-state index contributed by atoms with van der Waals surface area (Å²) in [4.78, 5) is 34.3. The number of hydrogen-bond acceptors (Lipinski definition) is 3. The largest absolute Gasteiger partial charge is 0.480 e. The van der Waals surface area contributed by atoms with E-state index in [9.17, 15) is 18.8 Å². The highest BCUT2D eigenvalue weighted by Gasteiger charge is 2.26. The van der Waals surface area contributed by atoms with Crippen molar-refractivity contribution in [3.8, 4) is 0 Å². The number of nitrogens with one attached hydrogen (secondary N) is 2. The molecule has 0 bridgehead atoms. The number of hydrogen-bond donors (Lipinski definition) is 3. The van der Waals surface area contributed by atoms with Crippen LogP contribution in [0.25, 0.3) is 0 Å². The number of carboxylic acids is 1. The molecule has 0 radical (unpaired) electrons. The maximum Gasteiger partial charge on any atom is 0.326 e. The van der Waals surface area contributed by atoms with Gasteiger partial charge in [-0.3, -0.25) is 9.59 Å². The smallest absolute Gasteiger partial charge is 0.326 e. The Hall–Kier alpha value is -2.44. The molecule has 2 unspecified atom stereocenters. The van der Waals surface area contributed by atoms with Gasteiger partial charge in [0.25, 0.3) is 5.91 Å². The lowest BCUT2D eigenvalue weighted by Gasteiger charge is -2.20. The number of carbonyl (C=O) groups is 3. The van der Waals surface area contributed by atoms with Crippen LogP contribution >= 0.6 is 0 Å². The minimum absolute atomic E-state index is 0.259. The molecule has 0 spiro atoms. The summed E-state index contributed by atoms with van der Waals surface area (Å²) in [7, 11) is 0. The molecule has 7 heteroatoms. The zero-order valence-electron chi connectivity index (χ0n) is 12.6. The minimum Gasteiger partial charge on any atom is -0.480 e. The Bertz CT molecular complexity index is 589. The van der Waals surface area contributed by atoms with Crippen LogP contribution in [0.1, 0.15) is 37.6 Å². The van der Waals surface area contributed by atoms with Gasteiger partial charge in [-0.25, -0.2) is 9.18 Å². The topological polar surface area (TPSA) is 95.5 Å². The van der Waals surface area contributed by atoms with Gasteiger partial charge in [0.1, 0.15) is 11.9 Å². The quantitative estimate of drug-likeness (QED) is 0.749. The van der Waals surface area contributed by atoms with Crippen LogP contribution in [0.3, 0.4) is 0 Å². The van der Waals surface area contributed by atoms with E-state index < -0.39 is 23.7 Å². The summed E-state index contributed by atoms with van der Waals surface area (Å²) in [5, 5.41) is 13.9. The Labute approximate surface area is 127 Å². The van der Waals surface area contributed by atoms with Gasteiger partial charge in [0.15, 0.2) is 0 Å². The number of anilines is 1. The number of aliphatic carboxylic acids is 1. The van der Waals surface area contributed by atoms with Gasteiger partial charge in [0, 0.05) is 12.6 Å². The SMILES string of the molecule is CCC(C)C(NC(=O)c1cc(NC(C)=O)ccc1F)C(=O)O. The van der Waals surface area contributed by atoms with Crippen LogP contribution in [0.5, 0.6) is 0 Å². The summed E-state index contributed by atoms with van der Waals surface area (Å²) in [6.07, 6.45) is 0.547. The number of amides is 2. The fourth-order valence-electron chi connectivity index (χ4n) is 1.88. The average Bonchev–Trinajstić information content (AvgIpc) is 2.44. The standard InChI is InChI=1S/C15H19FN2O4/c1-4-8(2)13(15(21)22)18-14(20)11-7-10(17-9(3)19)5-6-12(11)16/h5-8,13H,4H2,1-3H3,(H,17,19)(H,18,20)(H,21,22). The third-order valence-electron chi connectivity index (χ3n) is 3.30. The Morgan fingerprint density at radius 1 is 1.32 bits per heavy atom. The lowest BCUT2D eigenvalue weighted by atomic mass is 9.99. The van der Waals surface area contributed by atoms with Crippen LogP contribution in [0.15, 0.2) is 18.2 Å². The number of carbonyl (C=O) groups excluding carboxylic acids is 2. The predicted octanol–water partition coefficient (Wildman–Crippen LogP) is 2.01. The van der Waals surface area contributed by atoms with Gasteiger partial charge in [0.2, 0.25) is 5.91 Å². The van der Waals surface area contributed by atoms with E-state index in [4.69, 9.17) is 5.11 Å². The first-order valence-electron chi connectivity index (χ1n) is 6.87. The van der Waals surface area contributed by atoms with E-state index in [0.717, 1.165) is 6.07 Å². The first kappa shape index (κ1) is 17.6. The molecule has 0 saturated carbocycles. The van der Waals surface area contributed by atoms with E-state index in [0.29, 0.717) is 6.42 Å². The van der Waals surface area contributed by atoms with Gasteiger partial charge in [-0.1, -0.05) is 20.3 Å². The van der Waals surface area contributed by atoms with Crippen molar-refractivity contribution in [3.05, 3.63) is 29.6 Å². The molecule has 0 aliphatic heterocycles. The number of halogens is 1. The molecular formula is C15H19FN2O4. The fraction of sp³-hybridized carbons (Fsp3) is 0.400. The normalized spacial score (nSPS) is 13.1. The predicted molar refractivity (Wildman–Crippen MR) is 79.0 cm³/mol. The van der Waals surface area contributed by atoms with Crippen molar-refractivity contribution in [2.75, 3.05) is 5.32 Å². The molecule has 6 nitrogen and oxygen atoms in total. The van der Waals surface area contributed by atoms with Crippen molar-refractivity contribution < 1.29 is 23.9 Å². The van der Waals surface area contributed by atoms with Gasteiger partial charge in [-0.15, -0.1) is 0 Å². The zero-order chi connectivity index (χ0) is 16.9. The molecule has 1 rings (SSSR count). The maximum atomic E-state index is 13.8. The zero-order valence-corrected chi connectivity index (χ0v) is 12.6. The molecule has 2 amide bonds. The molecule has 1 aromatic carbocycles. The molecule has 0 heterocycles. The van der Waals surface area contributed by atoms with Crippen LogP contribution in [-0.2, 0) is 9.59 Å². The summed E-state index contributed by atoms with van der Waals surface area (Å²) in [6.45, 7) is 4.76. The highest BCUT2D eigenvalue weighted by molar-refractivity contribution is 5.98. The lowest BCUT2D eigenvalue weighted by Crippen LogP contribution is -2.45. The molecule has 22 heavy (non-hydrogen) atoms. The second-order valence-electron chi connectivity index (χ2n) is 5.05. The average molecular weight is 310 g/mol. The van der Waals surface area contributed by atoms with Crippen LogP contribution in [0.4, 0.5) is 10.1 Å².